The minimum Gasteiger partial charge on any atom is -0.350 e. The maximum Gasteiger partial charge on any atom is 0.434 e. The second-order valence-electron chi connectivity index (χ2n) is 5.51. The number of benzene rings is 1. The third kappa shape index (κ3) is 5.45. The Labute approximate surface area is 149 Å². The maximum absolute atomic E-state index is 12.6. The van der Waals surface area contributed by atoms with Crippen LogP contribution in [0.25, 0.3) is 0 Å². The number of aryl methyl sites for hydroxylation is 1. The SMILES string of the molecule is CCc1ccc(C(C)NC(=NC)NCc2nc(C(F)(F)F)cs2)cc1. The van der Waals surface area contributed by atoms with Crippen LogP contribution in [0.1, 0.15) is 41.7 Å². The van der Waals surface area contributed by atoms with Crippen molar-refractivity contribution in [1.82, 2.24) is 15.6 Å². The van der Waals surface area contributed by atoms with E-state index < -0.39 is 11.9 Å². The minimum atomic E-state index is -4.41. The number of rotatable bonds is 5. The van der Waals surface area contributed by atoms with Gasteiger partial charge in [-0.3, -0.25) is 4.99 Å². The van der Waals surface area contributed by atoms with Crippen molar-refractivity contribution in [2.45, 2.75) is 39.0 Å². The normalized spacial score (nSPS) is 13.6. The second kappa shape index (κ2) is 8.33. The first-order valence-electron chi connectivity index (χ1n) is 7.91. The average Bonchev–Trinajstić information content (AvgIpc) is 3.08. The molecule has 1 unspecified atom stereocenters. The van der Waals surface area contributed by atoms with E-state index in [9.17, 15) is 13.2 Å². The molecule has 1 atom stereocenters. The highest BCUT2D eigenvalue weighted by Crippen LogP contribution is 2.29. The van der Waals surface area contributed by atoms with Crippen molar-refractivity contribution in [2.75, 3.05) is 7.05 Å². The lowest BCUT2D eigenvalue weighted by atomic mass is 10.1. The van der Waals surface area contributed by atoms with Gasteiger partial charge in [-0.05, 0) is 24.5 Å². The summed E-state index contributed by atoms with van der Waals surface area (Å²) in [6.07, 6.45) is -3.42. The summed E-state index contributed by atoms with van der Waals surface area (Å²) in [6.45, 7) is 4.28. The van der Waals surface area contributed by atoms with Crippen LogP contribution >= 0.6 is 11.3 Å². The number of nitrogens with zero attached hydrogens (tertiary/aromatic N) is 2. The summed E-state index contributed by atoms with van der Waals surface area (Å²) < 4.78 is 37.7. The highest BCUT2D eigenvalue weighted by atomic mass is 32.1. The molecule has 2 rings (SSSR count). The Morgan fingerprint density at radius 3 is 2.48 bits per heavy atom. The second-order valence-corrected chi connectivity index (χ2v) is 6.45. The summed E-state index contributed by atoms with van der Waals surface area (Å²) in [7, 11) is 1.62. The van der Waals surface area contributed by atoms with Crippen molar-refractivity contribution in [2.24, 2.45) is 4.99 Å². The van der Waals surface area contributed by atoms with Crippen molar-refractivity contribution < 1.29 is 13.2 Å². The summed E-state index contributed by atoms with van der Waals surface area (Å²) in [5.41, 5.74) is 1.51. The van der Waals surface area contributed by atoms with Crippen molar-refractivity contribution in [1.29, 1.82) is 0 Å². The Balaban J connectivity index is 1.92. The number of halogens is 3. The highest BCUT2D eigenvalue weighted by molar-refractivity contribution is 7.09. The standard InChI is InChI=1S/C17H21F3N4S/c1-4-12-5-7-13(8-6-12)11(2)23-16(21-3)22-9-15-24-14(10-25-15)17(18,19)20/h5-8,10-11H,4,9H2,1-3H3,(H2,21,22,23). The third-order valence-electron chi connectivity index (χ3n) is 3.71. The van der Waals surface area contributed by atoms with Crippen LogP contribution in [0.3, 0.4) is 0 Å². The molecule has 136 valence electrons. The molecule has 0 bridgehead atoms. The molecule has 0 amide bonds. The molecule has 0 aliphatic heterocycles. The molecule has 0 aliphatic carbocycles. The molecular formula is C17H21F3N4S. The number of thiazole rings is 1. The molecule has 0 aliphatic rings. The maximum atomic E-state index is 12.6. The van der Waals surface area contributed by atoms with Gasteiger partial charge in [-0.15, -0.1) is 11.3 Å². The molecule has 0 saturated heterocycles. The molecule has 0 spiro atoms. The molecule has 25 heavy (non-hydrogen) atoms. The van der Waals surface area contributed by atoms with E-state index in [1.807, 2.05) is 6.92 Å². The molecule has 1 aromatic carbocycles. The van der Waals surface area contributed by atoms with E-state index in [1.165, 1.54) is 5.56 Å². The first kappa shape index (κ1) is 19.2. The molecule has 0 radical (unpaired) electrons. The van der Waals surface area contributed by atoms with Crippen molar-refractivity contribution in [3.63, 3.8) is 0 Å². The summed E-state index contributed by atoms with van der Waals surface area (Å²) in [5, 5.41) is 7.59. The molecular weight excluding hydrogens is 349 g/mol. The van der Waals surface area contributed by atoms with Gasteiger partial charge in [-0.1, -0.05) is 31.2 Å². The van der Waals surface area contributed by atoms with Gasteiger partial charge in [0.15, 0.2) is 11.7 Å². The number of aromatic nitrogens is 1. The summed E-state index contributed by atoms with van der Waals surface area (Å²) in [4.78, 5) is 7.70. The summed E-state index contributed by atoms with van der Waals surface area (Å²) >= 11 is 0.972. The van der Waals surface area contributed by atoms with Crippen LogP contribution in [0.15, 0.2) is 34.6 Å². The Morgan fingerprint density at radius 2 is 1.96 bits per heavy atom. The van der Waals surface area contributed by atoms with Gasteiger partial charge in [0.2, 0.25) is 0 Å². The van der Waals surface area contributed by atoms with Crippen molar-refractivity contribution in [3.05, 3.63) is 51.5 Å². The molecule has 4 nitrogen and oxygen atoms in total. The monoisotopic (exact) mass is 370 g/mol. The molecule has 1 heterocycles. The predicted molar refractivity (Wildman–Crippen MR) is 94.7 cm³/mol. The highest BCUT2D eigenvalue weighted by Gasteiger charge is 2.33. The molecule has 0 fully saturated rings. The van der Waals surface area contributed by atoms with Gasteiger partial charge in [0.25, 0.3) is 0 Å². The van der Waals surface area contributed by atoms with E-state index >= 15 is 0 Å². The fourth-order valence-electron chi connectivity index (χ4n) is 2.21. The van der Waals surface area contributed by atoms with E-state index in [-0.39, 0.29) is 12.6 Å². The van der Waals surface area contributed by atoms with Crippen LogP contribution in [-0.2, 0) is 19.1 Å². The molecule has 8 heteroatoms. The van der Waals surface area contributed by atoms with Crippen molar-refractivity contribution >= 4 is 17.3 Å². The fourth-order valence-corrected chi connectivity index (χ4v) is 2.95. The van der Waals surface area contributed by atoms with Crippen LogP contribution < -0.4 is 10.6 Å². The van der Waals surface area contributed by atoms with Gasteiger partial charge < -0.3 is 10.6 Å². The zero-order valence-electron chi connectivity index (χ0n) is 14.3. The van der Waals surface area contributed by atoms with Gasteiger partial charge >= 0.3 is 6.18 Å². The van der Waals surface area contributed by atoms with Crippen LogP contribution in [0.2, 0.25) is 0 Å². The van der Waals surface area contributed by atoms with E-state index in [4.69, 9.17) is 0 Å². The molecule has 1 aromatic heterocycles. The van der Waals surface area contributed by atoms with Crippen LogP contribution in [0, 0.1) is 0 Å². The average molecular weight is 370 g/mol. The van der Waals surface area contributed by atoms with E-state index in [1.54, 1.807) is 7.05 Å². The first-order valence-corrected chi connectivity index (χ1v) is 8.79. The Bertz CT molecular complexity index is 707. The number of guanidine groups is 1. The number of nitrogens with one attached hydrogen (secondary N) is 2. The largest absolute Gasteiger partial charge is 0.434 e. The van der Waals surface area contributed by atoms with Gasteiger partial charge in [0.05, 0.1) is 12.6 Å². The summed E-state index contributed by atoms with van der Waals surface area (Å²) in [6, 6.07) is 8.29. The smallest absolute Gasteiger partial charge is 0.350 e. The van der Waals surface area contributed by atoms with Gasteiger partial charge in [-0.25, -0.2) is 4.98 Å². The van der Waals surface area contributed by atoms with E-state index in [0.29, 0.717) is 11.0 Å². The van der Waals surface area contributed by atoms with Gasteiger partial charge in [0, 0.05) is 12.4 Å². The van der Waals surface area contributed by atoms with Crippen molar-refractivity contribution in [3.8, 4) is 0 Å². The van der Waals surface area contributed by atoms with Gasteiger partial charge in [0.1, 0.15) is 5.01 Å². The lowest BCUT2D eigenvalue weighted by molar-refractivity contribution is -0.140. The summed E-state index contributed by atoms with van der Waals surface area (Å²) in [5.74, 6) is 0.510. The Morgan fingerprint density at radius 1 is 1.28 bits per heavy atom. The minimum absolute atomic E-state index is 0.0131. The number of hydrogen-bond acceptors (Lipinski definition) is 3. The zero-order chi connectivity index (χ0) is 18.4. The lowest BCUT2D eigenvalue weighted by Crippen LogP contribution is -2.38. The Kier molecular flexibility index (Phi) is 6.41. The van der Waals surface area contributed by atoms with Crippen LogP contribution in [-0.4, -0.2) is 18.0 Å². The van der Waals surface area contributed by atoms with E-state index in [2.05, 4.69) is 51.8 Å². The van der Waals surface area contributed by atoms with Gasteiger partial charge in [-0.2, -0.15) is 13.2 Å². The molecule has 0 saturated carbocycles. The number of alkyl halides is 3. The topological polar surface area (TPSA) is 49.3 Å². The quantitative estimate of drug-likeness (QED) is 0.614. The third-order valence-corrected chi connectivity index (χ3v) is 4.56. The van der Waals surface area contributed by atoms with Crippen LogP contribution in [0.4, 0.5) is 13.2 Å². The number of aliphatic imine (C=N–C) groups is 1. The lowest BCUT2D eigenvalue weighted by Gasteiger charge is -2.18. The predicted octanol–water partition coefficient (Wildman–Crippen LogP) is 4.15. The zero-order valence-corrected chi connectivity index (χ0v) is 15.1. The van der Waals surface area contributed by atoms with E-state index in [0.717, 1.165) is 28.7 Å². The van der Waals surface area contributed by atoms with Crippen LogP contribution in [0.5, 0.6) is 0 Å². The first-order chi connectivity index (χ1) is 11.8. The molecule has 2 N–H and O–H groups in total. The Hall–Kier alpha value is -2.09. The number of hydrogen-bond donors (Lipinski definition) is 2. The fraction of sp³-hybridized carbons (Fsp3) is 0.412. The molecule has 2 aromatic rings.